The van der Waals surface area contributed by atoms with Gasteiger partial charge in [-0.25, -0.2) is 4.39 Å². The first-order valence-corrected chi connectivity index (χ1v) is 5.26. The van der Waals surface area contributed by atoms with Crippen molar-refractivity contribution >= 4 is 11.6 Å². The van der Waals surface area contributed by atoms with Crippen molar-refractivity contribution in [2.45, 2.75) is 6.04 Å². The van der Waals surface area contributed by atoms with E-state index in [1.54, 1.807) is 37.6 Å². The van der Waals surface area contributed by atoms with Crippen LogP contribution in [0.1, 0.15) is 17.4 Å². The summed E-state index contributed by atoms with van der Waals surface area (Å²) in [6.45, 7) is 0. The molecule has 2 rings (SSSR count). The summed E-state index contributed by atoms with van der Waals surface area (Å²) < 4.78 is 19.0. The predicted molar refractivity (Wildman–Crippen MR) is 61.0 cm³/mol. The zero-order valence-electron chi connectivity index (χ0n) is 8.71. The van der Waals surface area contributed by atoms with Crippen molar-refractivity contribution in [2.75, 3.05) is 7.05 Å². The van der Waals surface area contributed by atoms with Crippen molar-refractivity contribution in [3.8, 4) is 0 Å². The normalized spacial score (nSPS) is 12.7. The highest BCUT2D eigenvalue weighted by Gasteiger charge is 2.18. The zero-order valence-corrected chi connectivity index (χ0v) is 9.46. The Morgan fingerprint density at radius 3 is 2.75 bits per heavy atom. The van der Waals surface area contributed by atoms with E-state index in [1.807, 2.05) is 0 Å². The number of rotatable bonds is 3. The van der Waals surface area contributed by atoms with Gasteiger partial charge in [0.05, 0.1) is 12.3 Å². The Labute approximate surface area is 98.0 Å². The molecule has 1 atom stereocenters. The first-order valence-electron chi connectivity index (χ1n) is 4.88. The minimum atomic E-state index is -0.344. The quantitative estimate of drug-likeness (QED) is 0.888. The Morgan fingerprint density at radius 1 is 1.38 bits per heavy atom. The zero-order chi connectivity index (χ0) is 11.5. The van der Waals surface area contributed by atoms with Gasteiger partial charge in [0.2, 0.25) is 0 Å². The SMILES string of the molecule is CNC(c1ccco1)c1ccc(Cl)cc1F. The van der Waals surface area contributed by atoms with Crippen molar-refractivity contribution in [3.63, 3.8) is 0 Å². The van der Waals surface area contributed by atoms with E-state index in [4.69, 9.17) is 16.0 Å². The van der Waals surface area contributed by atoms with Gasteiger partial charge in [-0.15, -0.1) is 0 Å². The molecule has 2 nitrogen and oxygen atoms in total. The monoisotopic (exact) mass is 239 g/mol. The number of halogens is 2. The molecule has 0 saturated carbocycles. The standard InChI is InChI=1S/C12H11ClFNO/c1-15-12(11-3-2-6-16-11)9-5-4-8(13)7-10(9)14/h2-7,12,15H,1H3. The van der Waals surface area contributed by atoms with Crippen LogP contribution in [-0.4, -0.2) is 7.05 Å². The van der Waals surface area contributed by atoms with Crippen molar-refractivity contribution in [1.82, 2.24) is 5.32 Å². The third-order valence-corrected chi connectivity index (χ3v) is 2.62. The minimum Gasteiger partial charge on any atom is -0.467 e. The molecule has 0 aliphatic heterocycles. The van der Waals surface area contributed by atoms with Gasteiger partial charge in [0.1, 0.15) is 11.6 Å². The van der Waals surface area contributed by atoms with Crippen molar-refractivity contribution in [2.24, 2.45) is 0 Å². The molecule has 1 heterocycles. The summed E-state index contributed by atoms with van der Waals surface area (Å²) in [5.41, 5.74) is 0.516. The Kier molecular flexibility index (Phi) is 3.27. The highest BCUT2D eigenvalue weighted by Crippen LogP contribution is 2.26. The van der Waals surface area contributed by atoms with Gasteiger partial charge in [0.25, 0.3) is 0 Å². The molecule has 0 aliphatic rings. The molecular formula is C12H11ClFNO. The van der Waals surface area contributed by atoms with Crippen LogP contribution < -0.4 is 5.32 Å². The minimum absolute atomic E-state index is 0.299. The highest BCUT2D eigenvalue weighted by molar-refractivity contribution is 6.30. The van der Waals surface area contributed by atoms with E-state index in [9.17, 15) is 4.39 Å². The number of nitrogens with one attached hydrogen (secondary N) is 1. The first-order chi connectivity index (χ1) is 7.72. The summed E-state index contributed by atoms with van der Waals surface area (Å²) in [5.74, 6) is 0.326. The van der Waals surface area contributed by atoms with E-state index in [1.165, 1.54) is 6.07 Å². The molecule has 0 bridgehead atoms. The van der Waals surface area contributed by atoms with Gasteiger partial charge in [0.15, 0.2) is 0 Å². The summed E-state index contributed by atoms with van der Waals surface area (Å²) in [6, 6.07) is 7.88. The molecule has 0 aliphatic carbocycles. The maximum Gasteiger partial charge on any atom is 0.129 e. The smallest absolute Gasteiger partial charge is 0.129 e. The molecule has 0 saturated heterocycles. The number of hydrogen-bond donors (Lipinski definition) is 1. The van der Waals surface area contributed by atoms with Gasteiger partial charge in [-0.2, -0.15) is 0 Å². The molecule has 1 aromatic heterocycles. The summed E-state index contributed by atoms with van der Waals surface area (Å²) in [7, 11) is 1.75. The van der Waals surface area contributed by atoms with Crippen molar-refractivity contribution in [1.29, 1.82) is 0 Å². The number of benzene rings is 1. The van der Waals surface area contributed by atoms with Crippen LogP contribution in [0.5, 0.6) is 0 Å². The van der Waals surface area contributed by atoms with Crippen LogP contribution in [0.3, 0.4) is 0 Å². The summed E-state index contributed by atoms with van der Waals surface area (Å²) in [5, 5.41) is 3.39. The fourth-order valence-corrected chi connectivity index (χ4v) is 1.80. The van der Waals surface area contributed by atoms with Crippen LogP contribution >= 0.6 is 11.6 Å². The summed E-state index contributed by atoms with van der Waals surface area (Å²) in [6.07, 6.45) is 1.56. The van der Waals surface area contributed by atoms with Crippen molar-refractivity contribution in [3.05, 3.63) is 58.8 Å². The molecule has 16 heavy (non-hydrogen) atoms. The summed E-state index contributed by atoms with van der Waals surface area (Å²) in [4.78, 5) is 0. The molecule has 4 heteroatoms. The Morgan fingerprint density at radius 2 is 2.19 bits per heavy atom. The number of hydrogen-bond acceptors (Lipinski definition) is 2. The second-order valence-corrected chi connectivity index (χ2v) is 3.84. The molecule has 0 radical (unpaired) electrons. The lowest BCUT2D eigenvalue weighted by Crippen LogP contribution is -2.18. The second kappa shape index (κ2) is 4.68. The predicted octanol–water partition coefficient (Wildman–Crippen LogP) is 3.38. The lowest BCUT2D eigenvalue weighted by molar-refractivity contribution is 0.453. The topological polar surface area (TPSA) is 25.2 Å². The summed E-state index contributed by atoms with van der Waals surface area (Å²) >= 11 is 5.71. The largest absolute Gasteiger partial charge is 0.467 e. The molecule has 84 valence electrons. The fourth-order valence-electron chi connectivity index (χ4n) is 1.64. The van der Waals surface area contributed by atoms with Gasteiger partial charge in [0, 0.05) is 10.6 Å². The lowest BCUT2D eigenvalue weighted by Gasteiger charge is -2.14. The van der Waals surface area contributed by atoms with E-state index in [0.29, 0.717) is 16.3 Å². The van der Waals surface area contributed by atoms with E-state index in [0.717, 1.165) is 0 Å². The van der Waals surface area contributed by atoms with Crippen LogP contribution in [0.2, 0.25) is 5.02 Å². The van der Waals surface area contributed by atoms with E-state index >= 15 is 0 Å². The van der Waals surface area contributed by atoms with Gasteiger partial charge < -0.3 is 9.73 Å². The maximum absolute atomic E-state index is 13.7. The Hall–Kier alpha value is -1.32. The molecule has 0 amide bonds. The van der Waals surface area contributed by atoms with Crippen molar-refractivity contribution < 1.29 is 8.81 Å². The molecule has 2 aromatic rings. The second-order valence-electron chi connectivity index (χ2n) is 3.40. The van der Waals surface area contributed by atoms with Gasteiger partial charge in [-0.3, -0.25) is 0 Å². The van der Waals surface area contributed by atoms with Crippen LogP contribution in [0.25, 0.3) is 0 Å². The molecular weight excluding hydrogens is 229 g/mol. The van der Waals surface area contributed by atoms with Gasteiger partial charge in [-0.05, 0) is 31.3 Å². The molecule has 0 fully saturated rings. The number of furan rings is 1. The molecule has 1 unspecified atom stereocenters. The average Bonchev–Trinajstić information content (AvgIpc) is 2.75. The van der Waals surface area contributed by atoms with Gasteiger partial charge >= 0.3 is 0 Å². The van der Waals surface area contributed by atoms with Crippen LogP contribution in [0.4, 0.5) is 4.39 Å². The van der Waals surface area contributed by atoms with E-state index in [2.05, 4.69) is 5.32 Å². The third-order valence-electron chi connectivity index (χ3n) is 2.39. The fraction of sp³-hybridized carbons (Fsp3) is 0.167. The third kappa shape index (κ3) is 2.10. The molecule has 1 aromatic carbocycles. The molecule has 0 spiro atoms. The van der Waals surface area contributed by atoms with Gasteiger partial charge in [-0.1, -0.05) is 17.7 Å². The first kappa shape index (κ1) is 11.2. The van der Waals surface area contributed by atoms with Crippen LogP contribution in [0.15, 0.2) is 41.0 Å². The van der Waals surface area contributed by atoms with Crippen LogP contribution in [-0.2, 0) is 0 Å². The Bertz CT molecular complexity index is 470. The van der Waals surface area contributed by atoms with E-state index < -0.39 is 0 Å². The van der Waals surface area contributed by atoms with Crippen LogP contribution in [0, 0.1) is 5.82 Å². The maximum atomic E-state index is 13.7. The molecule has 1 N–H and O–H groups in total. The average molecular weight is 240 g/mol. The Balaban J connectivity index is 2.41. The lowest BCUT2D eigenvalue weighted by atomic mass is 10.0. The van der Waals surface area contributed by atoms with E-state index in [-0.39, 0.29) is 11.9 Å². The highest BCUT2D eigenvalue weighted by atomic mass is 35.5.